The molecule has 3 aliphatic rings. The van der Waals surface area contributed by atoms with E-state index in [1.807, 2.05) is 4.90 Å². The highest BCUT2D eigenvalue weighted by Gasteiger charge is 2.57. The number of benzene rings is 2. The maximum absolute atomic E-state index is 14.2. The van der Waals surface area contributed by atoms with Gasteiger partial charge < -0.3 is 15.1 Å². The third kappa shape index (κ3) is 5.34. The highest BCUT2D eigenvalue weighted by molar-refractivity contribution is 6.10. The summed E-state index contributed by atoms with van der Waals surface area (Å²) >= 11 is 0. The van der Waals surface area contributed by atoms with Crippen LogP contribution in [0.3, 0.4) is 0 Å². The van der Waals surface area contributed by atoms with E-state index in [-0.39, 0.29) is 29.9 Å². The normalized spacial score (nSPS) is 20.1. The molecule has 0 bridgehead atoms. The van der Waals surface area contributed by atoms with Crippen LogP contribution in [-0.4, -0.2) is 67.0 Å². The fourth-order valence-corrected chi connectivity index (χ4v) is 6.04. The number of carbonyl (C=O) groups is 1. The summed E-state index contributed by atoms with van der Waals surface area (Å²) in [5.74, 6) is -3.49. The number of fused-ring (bicyclic) bond motifs is 1. The number of amidine groups is 1. The van der Waals surface area contributed by atoms with E-state index in [2.05, 4.69) is 5.32 Å². The number of carbonyl (C=O) groups excluding carboxylic acids is 1. The van der Waals surface area contributed by atoms with Crippen molar-refractivity contribution in [3.8, 4) is 0 Å². The summed E-state index contributed by atoms with van der Waals surface area (Å²) in [6, 6.07) is 9.08. The molecule has 40 heavy (non-hydrogen) atoms. The van der Waals surface area contributed by atoms with E-state index < -0.39 is 41.8 Å². The van der Waals surface area contributed by atoms with Crippen LogP contribution in [0.2, 0.25) is 0 Å². The molecule has 1 saturated heterocycles. The smallest absolute Gasteiger partial charge is 0.325 e. The molecule has 0 aromatic heterocycles. The minimum atomic E-state index is -4.65. The molecule has 0 unspecified atom stereocenters. The number of anilines is 1. The first-order valence-electron chi connectivity index (χ1n) is 13.1. The SMILES string of the molecule is CN(C=N)C(=N)CC1(c2cccc(N3Cc4c(cc(CN5CCNCC5)cc4C(F)(F)F)C3=O)c2)CC(F)(F)C1. The van der Waals surface area contributed by atoms with E-state index in [4.69, 9.17) is 10.8 Å². The Morgan fingerprint density at radius 1 is 1.15 bits per heavy atom. The van der Waals surface area contributed by atoms with Gasteiger partial charge in [-0.3, -0.25) is 20.5 Å². The van der Waals surface area contributed by atoms with E-state index in [0.29, 0.717) is 36.4 Å². The number of halogens is 5. The standard InChI is InChI=1S/C28H31F5N6O/c1-37(17-34)24(35)12-26(15-27(29,30)16-26)19-3-2-4-20(11-19)39-14-22-21(25(39)40)9-18(10-23(22)28(31,32)33)13-38-7-5-36-6-8-38/h2-4,9-11,17,34-36H,5-8,12-16H2,1H3. The average molecular weight is 563 g/mol. The first-order chi connectivity index (χ1) is 18.8. The predicted molar refractivity (Wildman–Crippen MR) is 141 cm³/mol. The van der Waals surface area contributed by atoms with E-state index in [0.717, 1.165) is 25.5 Å². The summed E-state index contributed by atoms with van der Waals surface area (Å²) < 4.78 is 70.8. The van der Waals surface area contributed by atoms with Gasteiger partial charge in [0.25, 0.3) is 5.91 Å². The fourth-order valence-electron chi connectivity index (χ4n) is 6.04. The maximum Gasteiger partial charge on any atom is 0.416 e. The quantitative estimate of drug-likeness (QED) is 0.256. The number of rotatable bonds is 7. The molecule has 2 heterocycles. The minimum absolute atomic E-state index is 0.00430. The molecule has 214 valence electrons. The van der Waals surface area contributed by atoms with Gasteiger partial charge in [-0.2, -0.15) is 13.2 Å². The number of piperazine rings is 1. The van der Waals surface area contributed by atoms with Gasteiger partial charge in [0.05, 0.1) is 18.4 Å². The predicted octanol–water partition coefficient (Wildman–Crippen LogP) is 4.84. The number of hydrogen-bond acceptors (Lipinski definition) is 5. The van der Waals surface area contributed by atoms with Gasteiger partial charge in [0.1, 0.15) is 5.84 Å². The Morgan fingerprint density at radius 3 is 2.48 bits per heavy atom. The van der Waals surface area contributed by atoms with Crippen LogP contribution in [0, 0.1) is 10.8 Å². The van der Waals surface area contributed by atoms with Crippen LogP contribution in [0.1, 0.15) is 51.9 Å². The Hall–Kier alpha value is -3.38. The summed E-state index contributed by atoms with van der Waals surface area (Å²) in [6.07, 6.45) is -4.76. The van der Waals surface area contributed by atoms with Gasteiger partial charge in [-0.1, -0.05) is 12.1 Å². The van der Waals surface area contributed by atoms with Crippen molar-refractivity contribution >= 4 is 23.8 Å². The fraction of sp³-hybridized carbons (Fsp3) is 0.464. The zero-order valence-corrected chi connectivity index (χ0v) is 22.0. The monoisotopic (exact) mass is 562 g/mol. The lowest BCUT2D eigenvalue weighted by atomic mass is 9.60. The summed E-state index contributed by atoms with van der Waals surface area (Å²) in [7, 11) is 1.49. The summed E-state index contributed by atoms with van der Waals surface area (Å²) in [4.78, 5) is 18.1. The molecule has 1 aliphatic carbocycles. The second kappa shape index (κ2) is 10.2. The van der Waals surface area contributed by atoms with Crippen molar-refractivity contribution in [3.05, 3.63) is 64.2 Å². The van der Waals surface area contributed by atoms with Crippen LogP contribution >= 0.6 is 0 Å². The molecule has 7 nitrogen and oxygen atoms in total. The molecule has 1 saturated carbocycles. The number of nitrogens with one attached hydrogen (secondary N) is 3. The molecule has 3 N–H and O–H groups in total. The highest BCUT2D eigenvalue weighted by Crippen LogP contribution is 2.56. The molecule has 2 aromatic rings. The highest BCUT2D eigenvalue weighted by atomic mass is 19.4. The largest absolute Gasteiger partial charge is 0.416 e. The molecular weight excluding hydrogens is 531 g/mol. The van der Waals surface area contributed by atoms with Crippen molar-refractivity contribution in [2.45, 2.75) is 49.9 Å². The Labute approximate surface area is 228 Å². The lowest BCUT2D eigenvalue weighted by Crippen LogP contribution is -2.51. The molecule has 2 aliphatic heterocycles. The van der Waals surface area contributed by atoms with Crippen LogP contribution in [0.5, 0.6) is 0 Å². The second-order valence-corrected chi connectivity index (χ2v) is 11.0. The van der Waals surface area contributed by atoms with Crippen LogP contribution in [0.15, 0.2) is 36.4 Å². The molecule has 2 aromatic carbocycles. The van der Waals surface area contributed by atoms with Crippen molar-refractivity contribution < 1.29 is 26.7 Å². The van der Waals surface area contributed by atoms with Gasteiger partial charge in [-0.25, -0.2) is 8.78 Å². The van der Waals surface area contributed by atoms with Crippen LogP contribution in [0.4, 0.5) is 27.6 Å². The van der Waals surface area contributed by atoms with Crippen molar-refractivity contribution in [1.82, 2.24) is 15.1 Å². The summed E-state index contributed by atoms with van der Waals surface area (Å²) in [5, 5.41) is 18.8. The first kappa shape index (κ1) is 28.2. The topological polar surface area (TPSA) is 86.5 Å². The van der Waals surface area contributed by atoms with E-state index in [1.54, 1.807) is 30.3 Å². The summed E-state index contributed by atoms with van der Waals surface area (Å²) in [5.41, 5.74) is -0.787. The Kier molecular flexibility index (Phi) is 7.20. The number of nitrogens with zero attached hydrogens (tertiary/aromatic N) is 3. The number of alkyl halides is 5. The third-order valence-electron chi connectivity index (χ3n) is 8.11. The maximum atomic E-state index is 14.2. The zero-order chi connectivity index (χ0) is 28.9. The number of amides is 1. The average Bonchev–Trinajstić information content (AvgIpc) is 3.22. The summed E-state index contributed by atoms with van der Waals surface area (Å²) in [6.45, 7) is 2.89. The Morgan fingerprint density at radius 2 is 1.85 bits per heavy atom. The second-order valence-electron chi connectivity index (χ2n) is 11.0. The van der Waals surface area contributed by atoms with E-state index in [9.17, 15) is 26.7 Å². The van der Waals surface area contributed by atoms with Crippen molar-refractivity contribution in [1.29, 1.82) is 10.8 Å². The molecular formula is C28H31F5N6O. The van der Waals surface area contributed by atoms with Gasteiger partial charge in [0, 0.05) is 75.7 Å². The molecule has 12 heteroatoms. The molecule has 2 fully saturated rings. The van der Waals surface area contributed by atoms with Crippen molar-refractivity contribution in [3.63, 3.8) is 0 Å². The minimum Gasteiger partial charge on any atom is -0.325 e. The van der Waals surface area contributed by atoms with Gasteiger partial charge in [-0.15, -0.1) is 0 Å². The molecule has 1 amide bonds. The molecule has 0 atom stereocenters. The Balaban J connectivity index is 1.47. The first-order valence-corrected chi connectivity index (χ1v) is 13.1. The zero-order valence-electron chi connectivity index (χ0n) is 22.0. The van der Waals surface area contributed by atoms with Crippen LogP contribution < -0.4 is 10.2 Å². The van der Waals surface area contributed by atoms with E-state index >= 15 is 0 Å². The van der Waals surface area contributed by atoms with Gasteiger partial charge in [0.15, 0.2) is 0 Å². The van der Waals surface area contributed by atoms with Crippen LogP contribution in [0.25, 0.3) is 0 Å². The molecule has 0 radical (unpaired) electrons. The van der Waals surface area contributed by atoms with Gasteiger partial charge in [-0.05, 0) is 41.0 Å². The lowest BCUT2D eigenvalue weighted by Gasteiger charge is -2.48. The third-order valence-corrected chi connectivity index (χ3v) is 8.11. The van der Waals surface area contributed by atoms with Crippen molar-refractivity contribution in [2.75, 3.05) is 38.1 Å². The van der Waals surface area contributed by atoms with Crippen molar-refractivity contribution in [2.24, 2.45) is 0 Å². The van der Waals surface area contributed by atoms with E-state index in [1.165, 1.54) is 16.8 Å². The number of hydrogen-bond donors (Lipinski definition) is 3. The lowest BCUT2D eigenvalue weighted by molar-refractivity contribution is -0.138. The van der Waals surface area contributed by atoms with Gasteiger partial charge in [0.2, 0.25) is 5.92 Å². The van der Waals surface area contributed by atoms with Gasteiger partial charge >= 0.3 is 6.18 Å². The van der Waals surface area contributed by atoms with Crippen LogP contribution in [-0.2, 0) is 24.7 Å². The molecule has 5 rings (SSSR count). The molecule has 0 spiro atoms. The Bertz CT molecular complexity index is 1330.